The molecule has 23 heavy (non-hydrogen) atoms. The Hall–Kier alpha value is -2.06. The van der Waals surface area contributed by atoms with E-state index in [1.807, 2.05) is 19.1 Å². The molecule has 3 amide bonds. The summed E-state index contributed by atoms with van der Waals surface area (Å²) >= 11 is 7.31. The first kappa shape index (κ1) is 17.3. The third-order valence-electron chi connectivity index (χ3n) is 2.87. The largest absolute Gasteiger partial charge is 0.338 e. The van der Waals surface area contributed by atoms with Crippen molar-refractivity contribution in [3.63, 3.8) is 0 Å². The van der Waals surface area contributed by atoms with Crippen LogP contribution in [-0.2, 0) is 4.79 Å². The van der Waals surface area contributed by atoms with E-state index in [2.05, 4.69) is 20.8 Å². The van der Waals surface area contributed by atoms with Gasteiger partial charge in [0.15, 0.2) is 5.16 Å². The summed E-state index contributed by atoms with van der Waals surface area (Å²) in [5.41, 5.74) is 1.77. The van der Waals surface area contributed by atoms with Crippen molar-refractivity contribution in [1.29, 1.82) is 0 Å². The molecule has 122 valence electrons. The topological polar surface area (TPSA) is 88.9 Å². The first-order valence-electron chi connectivity index (χ1n) is 6.88. The number of thioether (sulfide) groups is 1. The number of carbonyl (C=O) groups excluding carboxylic acids is 2. The second kappa shape index (κ2) is 7.98. The number of urea groups is 1. The average Bonchev–Trinajstić information content (AvgIpc) is 2.96. The molecule has 0 unspecified atom stereocenters. The Morgan fingerprint density at radius 1 is 1.39 bits per heavy atom. The summed E-state index contributed by atoms with van der Waals surface area (Å²) in [5, 5.41) is 13.7. The molecule has 2 N–H and O–H groups in total. The van der Waals surface area contributed by atoms with Crippen molar-refractivity contribution in [3.8, 4) is 5.69 Å². The van der Waals surface area contributed by atoms with Gasteiger partial charge < -0.3 is 5.32 Å². The second-order valence-corrected chi connectivity index (χ2v) is 5.96. The quantitative estimate of drug-likeness (QED) is 0.804. The van der Waals surface area contributed by atoms with Crippen LogP contribution in [0.15, 0.2) is 29.7 Å². The lowest BCUT2D eigenvalue weighted by Gasteiger charge is -2.08. The molecule has 2 rings (SSSR count). The van der Waals surface area contributed by atoms with Crippen LogP contribution in [-0.4, -0.2) is 39.0 Å². The number of aryl methyl sites for hydroxylation is 1. The molecule has 0 atom stereocenters. The molecule has 0 spiro atoms. The van der Waals surface area contributed by atoms with Crippen LogP contribution in [0.3, 0.4) is 0 Å². The zero-order chi connectivity index (χ0) is 16.8. The molecule has 0 radical (unpaired) electrons. The van der Waals surface area contributed by atoms with Crippen LogP contribution >= 0.6 is 23.4 Å². The van der Waals surface area contributed by atoms with Crippen molar-refractivity contribution in [2.75, 3.05) is 12.3 Å². The standard InChI is InChI=1S/C14H16ClN5O2S/c1-3-16-13(22)18-12(21)7-23-14-19-17-8-20(14)10-5-4-9(2)11(15)6-10/h4-6,8H,3,7H2,1-2H3,(H2,16,18,21,22). The van der Waals surface area contributed by atoms with Gasteiger partial charge in [0.05, 0.1) is 11.4 Å². The lowest BCUT2D eigenvalue weighted by atomic mass is 10.2. The summed E-state index contributed by atoms with van der Waals surface area (Å²) in [6.07, 6.45) is 1.55. The van der Waals surface area contributed by atoms with Crippen LogP contribution in [0.5, 0.6) is 0 Å². The van der Waals surface area contributed by atoms with Crippen LogP contribution in [0.2, 0.25) is 5.02 Å². The fourth-order valence-corrected chi connectivity index (χ4v) is 2.63. The number of hydrogen-bond acceptors (Lipinski definition) is 5. The highest BCUT2D eigenvalue weighted by atomic mass is 35.5. The molecule has 0 fully saturated rings. The van der Waals surface area contributed by atoms with Gasteiger partial charge in [-0.1, -0.05) is 29.4 Å². The minimum Gasteiger partial charge on any atom is -0.338 e. The predicted molar refractivity (Wildman–Crippen MR) is 89.0 cm³/mol. The minimum absolute atomic E-state index is 0.0510. The monoisotopic (exact) mass is 353 g/mol. The number of rotatable bonds is 5. The van der Waals surface area contributed by atoms with Crippen LogP contribution in [0.25, 0.3) is 5.69 Å². The fourth-order valence-electron chi connectivity index (χ4n) is 1.73. The lowest BCUT2D eigenvalue weighted by molar-refractivity contribution is -0.117. The Labute approximate surface area is 142 Å². The van der Waals surface area contributed by atoms with Gasteiger partial charge in [0, 0.05) is 11.6 Å². The number of hydrogen-bond donors (Lipinski definition) is 2. The first-order chi connectivity index (χ1) is 11.0. The molecule has 0 saturated carbocycles. The number of nitrogens with one attached hydrogen (secondary N) is 2. The maximum Gasteiger partial charge on any atom is 0.321 e. The van der Waals surface area contributed by atoms with Gasteiger partial charge in [-0.05, 0) is 31.5 Å². The first-order valence-corrected chi connectivity index (χ1v) is 8.24. The summed E-state index contributed by atoms with van der Waals surface area (Å²) in [6.45, 7) is 4.14. The van der Waals surface area contributed by atoms with Crippen molar-refractivity contribution in [1.82, 2.24) is 25.4 Å². The SMILES string of the molecule is CCNC(=O)NC(=O)CSc1nncn1-c1ccc(C)c(Cl)c1. The Bertz CT molecular complexity index is 719. The molecule has 1 aromatic carbocycles. The van der Waals surface area contributed by atoms with Crippen LogP contribution in [0.4, 0.5) is 4.79 Å². The normalized spacial score (nSPS) is 10.4. The summed E-state index contributed by atoms with van der Waals surface area (Å²) in [7, 11) is 0. The van der Waals surface area contributed by atoms with Crippen LogP contribution in [0, 0.1) is 6.92 Å². The van der Waals surface area contributed by atoms with E-state index in [9.17, 15) is 9.59 Å². The number of carbonyl (C=O) groups is 2. The van der Waals surface area contributed by atoms with E-state index in [1.165, 1.54) is 11.8 Å². The molecule has 0 aliphatic carbocycles. The van der Waals surface area contributed by atoms with Gasteiger partial charge in [0.25, 0.3) is 0 Å². The van der Waals surface area contributed by atoms with Gasteiger partial charge in [-0.25, -0.2) is 4.79 Å². The molecule has 2 aromatic rings. The Morgan fingerprint density at radius 3 is 2.87 bits per heavy atom. The average molecular weight is 354 g/mol. The number of halogens is 1. The highest BCUT2D eigenvalue weighted by Gasteiger charge is 2.12. The Morgan fingerprint density at radius 2 is 2.17 bits per heavy atom. The van der Waals surface area contributed by atoms with E-state index in [0.717, 1.165) is 11.3 Å². The highest BCUT2D eigenvalue weighted by molar-refractivity contribution is 7.99. The molecule has 0 aliphatic heterocycles. The zero-order valence-electron chi connectivity index (χ0n) is 12.7. The molecule has 0 saturated heterocycles. The number of benzene rings is 1. The van der Waals surface area contributed by atoms with Crippen LogP contribution < -0.4 is 10.6 Å². The summed E-state index contributed by atoms with van der Waals surface area (Å²) in [6, 6.07) is 5.08. The summed E-state index contributed by atoms with van der Waals surface area (Å²) in [4.78, 5) is 23.0. The van der Waals surface area contributed by atoms with E-state index in [-0.39, 0.29) is 5.75 Å². The molecule has 0 aliphatic rings. The van der Waals surface area contributed by atoms with Gasteiger partial charge in [-0.2, -0.15) is 0 Å². The number of imide groups is 1. The van der Waals surface area contributed by atoms with Crippen LogP contribution in [0.1, 0.15) is 12.5 Å². The Balaban J connectivity index is 2.02. The lowest BCUT2D eigenvalue weighted by Crippen LogP contribution is -2.40. The van der Waals surface area contributed by atoms with Crippen molar-refractivity contribution in [2.24, 2.45) is 0 Å². The zero-order valence-corrected chi connectivity index (χ0v) is 14.2. The summed E-state index contributed by atoms with van der Waals surface area (Å²) < 4.78 is 1.73. The van der Waals surface area contributed by atoms with E-state index < -0.39 is 11.9 Å². The van der Waals surface area contributed by atoms with E-state index in [1.54, 1.807) is 23.9 Å². The predicted octanol–water partition coefficient (Wildman–Crippen LogP) is 2.17. The third-order valence-corrected chi connectivity index (χ3v) is 4.22. The summed E-state index contributed by atoms with van der Waals surface area (Å²) in [5.74, 6) is -0.354. The third kappa shape index (κ3) is 4.70. The number of aromatic nitrogens is 3. The van der Waals surface area contributed by atoms with E-state index >= 15 is 0 Å². The number of amides is 3. The maximum atomic E-state index is 11.7. The van der Waals surface area contributed by atoms with Gasteiger partial charge in [0.1, 0.15) is 6.33 Å². The van der Waals surface area contributed by atoms with Crippen molar-refractivity contribution >= 4 is 35.3 Å². The van der Waals surface area contributed by atoms with Crippen molar-refractivity contribution < 1.29 is 9.59 Å². The maximum absolute atomic E-state index is 11.7. The molecule has 0 bridgehead atoms. The second-order valence-electron chi connectivity index (χ2n) is 4.61. The molecular formula is C14H16ClN5O2S. The van der Waals surface area contributed by atoms with Crippen molar-refractivity contribution in [2.45, 2.75) is 19.0 Å². The molecule has 1 heterocycles. The fraction of sp³-hybridized carbons (Fsp3) is 0.286. The van der Waals surface area contributed by atoms with Crippen molar-refractivity contribution in [3.05, 3.63) is 35.1 Å². The van der Waals surface area contributed by atoms with Gasteiger partial charge in [0.2, 0.25) is 5.91 Å². The highest BCUT2D eigenvalue weighted by Crippen LogP contribution is 2.23. The van der Waals surface area contributed by atoms with Gasteiger partial charge in [-0.3, -0.25) is 14.7 Å². The van der Waals surface area contributed by atoms with Gasteiger partial charge in [-0.15, -0.1) is 10.2 Å². The number of nitrogens with zero attached hydrogens (tertiary/aromatic N) is 3. The smallest absolute Gasteiger partial charge is 0.321 e. The van der Waals surface area contributed by atoms with E-state index in [4.69, 9.17) is 11.6 Å². The molecule has 9 heteroatoms. The molecular weight excluding hydrogens is 338 g/mol. The minimum atomic E-state index is -0.509. The Kier molecular flexibility index (Phi) is 6.00. The molecule has 7 nitrogen and oxygen atoms in total. The molecule has 1 aromatic heterocycles. The van der Waals surface area contributed by atoms with Gasteiger partial charge >= 0.3 is 6.03 Å². The van der Waals surface area contributed by atoms with E-state index in [0.29, 0.717) is 16.7 Å².